The van der Waals surface area contributed by atoms with Gasteiger partial charge in [-0.1, -0.05) is 0 Å². The monoisotopic (exact) mass is 473 g/mol. The molecule has 0 radical (unpaired) electrons. The number of carboxylic acids is 1. The molecular formula is C14H6Br2FN3O5. The highest BCUT2D eigenvalue weighted by Crippen LogP contribution is 2.34. The molecule has 1 aliphatic heterocycles. The minimum atomic E-state index is -1.65. The molecule has 128 valence electrons. The molecule has 8 nitrogen and oxygen atoms in total. The van der Waals surface area contributed by atoms with Crippen molar-refractivity contribution in [1.29, 1.82) is 0 Å². The maximum Gasteiger partial charge on any atom is 0.340 e. The number of nitrogens with two attached hydrogens (primary N) is 1. The highest BCUT2D eigenvalue weighted by Gasteiger charge is 2.33. The van der Waals surface area contributed by atoms with Gasteiger partial charge < -0.3 is 10.8 Å². The Kier molecular flexibility index (Phi) is 4.00. The van der Waals surface area contributed by atoms with Crippen molar-refractivity contribution in [3.05, 3.63) is 53.9 Å². The number of carboxylic acid groups (broad SMARTS) is 1. The van der Waals surface area contributed by atoms with E-state index in [-0.39, 0.29) is 20.1 Å². The fraction of sp³-hybridized carbons (Fsp3) is 0. The van der Waals surface area contributed by atoms with Gasteiger partial charge >= 0.3 is 5.97 Å². The lowest BCUT2D eigenvalue weighted by Gasteiger charge is -2.17. The van der Waals surface area contributed by atoms with Crippen LogP contribution in [0.1, 0.15) is 31.1 Å². The first-order valence-electron chi connectivity index (χ1n) is 6.47. The number of nitrogens with one attached hydrogen (secondary N) is 1. The van der Waals surface area contributed by atoms with E-state index in [1.54, 1.807) is 0 Å². The molecule has 0 aliphatic carbocycles. The summed E-state index contributed by atoms with van der Waals surface area (Å²) in [5.41, 5.74) is 3.21. The topological polar surface area (TPSA) is 131 Å². The maximum absolute atomic E-state index is 14.3. The SMILES string of the molecule is Nc1c2c(cc(=O)n1-c1c(Br)cc(Br)c(F)c1C(=O)O)C(=O)NC2=O. The summed E-state index contributed by atoms with van der Waals surface area (Å²) in [4.78, 5) is 47.5. The van der Waals surface area contributed by atoms with Gasteiger partial charge in [-0.25, -0.2) is 9.18 Å². The largest absolute Gasteiger partial charge is 0.478 e. The van der Waals surface area contributed by atoms with Gasteiger partial charge in [-0.15, -0.1) is 0 Å². The predicted octanol–water partition coefficient (Wildman–Crippen LogP) is 1.67. The normalized spacial score (nSPS) is 12.9. The van der Waals surface area contributed by atoms with E-state index in [9.17, 15) is 28.7 Å². The van der Waals surface area contributed by atoms with Gasteiger partial charge in [0.15, 0.2) is 5.82 Å². The zero-order valence-corrected chi connectivity index (χ0v) is 15.1. The molecule has 25 heavy (non-hydrogen) atoms. The number of carbonyl (C=O) groups is 3. The second kappa shape index (κ2) is 5.77. The Hall–Kier alpha value is -2.53. The molecule has 0 spiro atoms. The van der Waals surface area contributed by atoms with Crippen molar-refractivity contribution in [2.45, 2.75) is 0 Å². The van der Waals surface area contributed by atoms with E-state index in [1.165, 1.54) is 6.07 Å². The van der Waals surface area contributed by atoms with Crippen molar-refractivity contribution in [2.75, 3.05) is 5.73 Å². The number of aromatic carboxylic acids is 1. The van der Waals surface area contributed by atoms with E-state index >= 15 is 0 Å². The first-order chi connectivity index (χ1) is 11.6. The molecule has 2 amide bonds. The van der Waals surface area contributed by atoms with Crippen molar-refractivity contribution < 1.29 is 23.9 Å². The quantitative estimate of drug-likeness (QED) is 0.448. The molecule has 0 bridgehead atoms. The number of rotatable bonds is 2. The Morgan fingerprint density at radius 3 is 2.40 bits per heavy atom. The van der Waals surface area contributed by atoms with E-state index in [1.807, 2.05) is 5.32 Å². The van der Waals surface area contributed by atoms with E-state index in [4.69, 9.17) is 5.73 Å². The smallest absolute Gasteiger partial charge is 0.340 e. The third-order valence-corrected chi connectivity index (χ3v) is 4.72. The third-order valence-electron chi connectivity index (χ3n) is 3.54. The van der Waals surface area contributed by atoms with Crippen LogP contribution in [0, 0.1) is 5.82 Å². The standard InChI is InChI=1S/C14H6Br2FN3O5/c15-4-2-5(16)10(8(9(4)17)14(24)25)20-6(21)1-3-7(11(20)18)13(23)19-12(3)22/h1-2H,18H2,(H,24,25)(H,19,22,23). The molecule has 1 aromatic heterocycles. The Balaban J connectivity index is 2.49. The Morgan fingerprint density at radius 1 is 1.16 bits per heavy atom. The number of hydrogen-bond acceptors (Lipinski definition) is 5. The minimum Gasteiger partial charge on any atom is -0.478 e. The molecule has 3 rings (SSSR count). The molecule has 0 saturated heterocycles. The number of amides is 2. The van der Waals surface area contributed by atoms with Gasteiger partial charge in [-0.3, -0.25) is 24.3 Å². The fourth-order valence-electron chi connectivity index (χ4n) is 2.51. The summed E-state index contributed by atoms with van der Waals surface area (Å²) in [6, 6.07) is 2.03. The van der Waals surface area contributed by atoms with Crippen LogP contribution >= 0.6 is 31.9 Å². The molecule has 1 aliphatic rings. The van der Waals surface area contributed by atoms with Crippen LogP contribution in [0.25, 0.3) is 5.69 Å². The number of pyridine rings is 1. The molecule has 0 fully saturated rings. The number of anilines is 1. The van der Waals surface area contributed by atoms with Crippen molar-refractivity contribution >= 4 is 55.5 Å². The Labute approximate surface area is 154 Å². The van der Waals surface area contributed by atoms with Crippen molar-refractivity contribution in [3.8, 4) is 5.69 Å². The fourth-order valence-corrected chi connectivity index (χ4v) is 3.85. The number of nitrogens with zero attached hydrogens (tertiary/aromatic N) is 1. The average Bonchev–Trinajstić information content (AvgIpc) is 2.78. The van der Waals surface area contributed by atoms with Gasteiger partial charge in [0.05, 0.1) is 21.3 Å². The number of imide groups is 1. The van der Waals surface area contributed by atoms with Crippen LogP contribution in [0.4, 0.5) is 10.2 Å². The highest BCUT2D eigenvalue weighted by atomic mass is 79.9. The summed E-state index contributed by atoms with van der Waals surface area (Å²) in [6.45, 7) is 0. The molecule has 11 heteroatoms. The number of halogens is 3. The van der Waals surface area contributed by atoms with Crippen LogP contribution in [0.2, 0.25) is 0 Å². The van der Waals surface area contributed by atoms with Crippen molar-refractivity contribution in [1.82, 2.24) is 9.88 Å². The number of benzene rings is 1. The van der Waals surface area contributed by atoms with Gasteiger partial charge in [0.1, 0.15) is 11.4 Å². The van der Waals surface area contributed by atoms with Gasteiger partial charge in [0.2, 0.25) is 0 Å². The van der Waals surface area contributed by atoms with Crippen LogP contribution in [0.3, 0.4) is 0 Å². The lowest BCUT2D eigenvalue weighted by Crippen LogP contribution is -2.26. The summed E-state index contributed by atoms with van der Waals surface area (Å²) in [6.07, 6.45) is 0. The average molecular weight is 475 g/mol. The molecule has 0 unspecified atom stereocenters. The van der Waals surface area contributed by atoms with E-state index in [2.05, 4.69) is 31.9 Å². The second-order valence-corrected chi connectivity index (χ2v) is 6.67. The summed E-state index contributed by atoms with van der Waals surface area (Å²) in [7, 11) is 0. The van der Waals surface area contributed by atoms with Crippen LogP contribution in [0.15, 0.2) is 25.9 Å². The van der Waals surface area contributed by atoms with Crippen molar-refractivity contribution in [3.63, 3.8) is 0 Å². The minimum absolute atomic E-state index is 0.0386. The Morgan fingerprint density at radius 2 is 1.80 bits per heavy atom. The number of hydrogen-bond donors (Lipinski definition) is 3. The first kappa shape index (κ1) is 17.3. The highest BCUT2D eigenvalue weighted by molar-refractivity contribution is 9.11. The summed E-state index contributed by atoms with van der Waals surface area (Å²) in [5.74, 6) is -4.89. The van der Waals surface area contributed by atoms with Crippen LogP contribution in [-0.4, -0.2) is 27.5 Å². The van der Waals surface area contributed by atoms with Crippen LogP contribution < -0.4 is 16.6 Å². The van der Waals surface area contributed by atoms with Gasteiger partial charge in [-0.2, -0.15) is 0 Å². The van der Waals surface area contributed by atoms with E-state index < -0.39 is 46.2 Å². The summed E-state index contributed by atoms with van der Waals surface area (Å²) >= 11 is 5.95. The molecular weight excluding hydrogens is 469 g/mol. The number of carbonyl (C=O) groups excluding carboxylic acids is 2. The molecule has 0 atom stereocenters. The number of nitrogen functional groups attached to an aromatic ring is 1. The summed E-state index contributed by atoms with van der Waals surface area (Å²) in [5, 5.41) is 11.3. The second-order valence-electron chi connectivity index (χ2n) is 4.96. The predicted molar refractivity (Wildman–Crippen MR) is 90.6 cm³/mol. The van der Waals surface area contributed by atoms with Crippen molar-refractivity contribution in [2.24, 2.45) is 0 Å². The zero-order chi connectivity index (χ0) is 18.6. The van der Waals surface area contributed by atoms with Gasteiger partial charge in [-0.05, 0) is 37.9 Å². The lowest BCUT2D eigenvalue weighted by molar-refractivity contribution is 0.0690. The zero-order valence-electron chi connectivity index (χ0n) is 11.9. The first-order valence-corrected chi connectivity index (χ1v) is 8.06. The van der Waals surface area contributed by atoms with E-state index in [0.29, 0.717) is 4.57 Å². The maximum atomic E-state index is 14.3. The Bertz CT molecular complexity index is 1060. The molecule has 2 heterocycles. The third kappa shape index (κ3) is 2.46. The number of aromatic nitrogens is 1. The van der Waals surface area contributed by atoms with Gasteiger partial charge in [0, 0.05) is 10.5 Å². The molecule has 2 aromatic rings. The lowest BCUT2D eigenvalue weighted by atomic mass is 10.1. The number of fused-ring (bicyclic) bond motifs is 1. The van der Waals surface area contributed by atoms with Crippen LogP contribution in [0.5, 0.6) is 0 Å². The molecule has 4 N–H and O–H groups in total. The molecule has 0 saturated carbocycles. The van der Waals surface area contributed by atoms with E-state index in [0.717, 1.165) is 6.07 Å². The molecule has 1 aromatic carbocycles. The van der Waals surface area contributed by atoms with Gasteiger partial charge in [0.25, 0.3) is 17.4 Å². The van der Waals surface area contributed by atoms with Crippen LogP contribution in [-0.2, 0) is 0 Å². The summed E-state index contributed by atoms with van der Waals surface area (Å²) < 4.78 is 14.9.